The molecule has 3 saturated heterocycles. The summed E-state index contributed by atoms with van der Waals surface area (Å²) >= 11 is 0. The van der Waals surface area contributed by atoms with E-state index in [1.165, 1.54) is 0 Å². The molecule has 1 aromatic rings. The second-order valence-electron chi connectivity index (χ2n) is 7.97. The van der Waals surface area contributed by atoms with Crippen LogP contribution in [0.3, 0.4) is 0 Å². The Bertz CT molecular complexity index is 916. The van der Waals surface area contributed by atoms with Crippen molar-refractivity contribution in [3.8, 4) is 0 Å². The van der Waals surface area contributed by atoms with Crippen LogP contribution in [0, 0.1) is 5.92 Å². The topological polar surface area (TPSA) is 117 Å². The quantitative estimate of drug-likeness (QED) is 0.567. The van der Waals surface area contributed by atoms with E-state index in [0.717, 1.165) is 23.6 Å². The Hall–Kier alpha value is -2.62. The van der Waals surface area contributed by atoms with Gasteiger partial charge in [0.25, 0.3) is 11.8 Å². The van der Waals surface area contributed by atoms with Crippen molar-refractivity contribution in [1.29, 1.82) is 0 Å². The number of nitrogens with one attached hydrogen (secondary N) is 3. The van der Waals surface area contributed by atoms with E-state index in [4.69, 9.17) is 4.74 Å². The van der Waals surface area contributed by atoms with Crippen LogP contribution < -0.4 is 16.0 Å². The number of hydrogen-bond acceptors (Lipinski definition) is 7. The highest BCUT2D eigenvalue weighted by atomic mass is 16.5. The van der Waals surface area contributed by atoms with Crippen LogP contribution in [0.25, 0.3) is 0 Å². The second-order valence-corrected chi connectivity index (χ2v) is 7.97. The number of carbonyl (C=O) groups is 4. The maximum absolute atomic E-state index is 13.1. The summed E-state index contributed by atoms with van der Waals surface area (Å²) < 4.78 is 5.80. The number of piperidine rings is 1. The summed E-state index contributed by atoms with van der Waals surface area (Å²) in [5.41, 5.74) is 1.38. The van der Waals surface area contributed by atoms with Crippen molar-refractivity contribution < 1.29 is 23.9 Å². The van der Waals surface area contributed by atoms with E-state index < -0.39 is 23.8 Å². The monoisotopic (exact) mass is 398 g/mol. The zero-order chi connectivity index (χ0) is 20.1. The average Bonchev–Trinajstić information content (AvgIpc) is 3.37. The molecule has 9 nitrogen and oxygen atoms in total. The molecule has 152 valence electrons. The van der Waals surface area contributed by atoms with Gasteiger partial charge in [-0.2, -0.15) is 0 Å². The molecule has 4 heterocycles. The second kappa shape index (κ2) is 7.01. The van der Waals surface area contributed by atoms with E-state index in [1.807, 2.05) is 6.07 Å². The van der Waals surface area contributed by atoms with Gasteiger partial charge >= 0.3 is 0 Å². The average molecular weight is 398 g/mol. The van der Waals surface area contributed by atoms with Crippen LogP contribution in [-0.4, -0.2) is 66.4 Å². The van der Waals surface area contributed by atoms with Crippen molar-refractivity contribution in [1.82, 2.24) is 20.9 Å². The molecule has 0 bridgehead atoms. The van der Waals surface area contributed by atoms with Gasteiger partial charge in [-0.15, -0.1) is 0 Å². The Labute approximate surface area is 167 Å². The van der Waals surface area contributed by atoms with Crippen molar-refractivity contribution in [2.45, 2.75) is 37.6 Å². The van der Waals surface area contributed by atoms with Gasteiger partial charge in [0.15, 0.2) is 0 Å². The molecule has 0 radical (unpaired) electrons. The Morgan fingerprint density at radius 2 is 2.00 bits per heavy atom. The molecule has 4 atom stereocenters. The smallest absolute Gasteiger partial charge is 0.262 e. The molecule has 0 aliphatic carbocycles. The first-order chi connectivity index (χ1) is 14.0. The van der Waals surface area contributed by atoms with Crippen LogP contribution in [0.4, 0.5) is 0 Å². The zero-order valence-electron chi connectivity index (χ0n) is 15.8. The molecule has 4 amide bonds. The first-order valence-electron chi connectivity index (χ1n) is 9.94. The lowest BCUT2D eigenvalue weighted by Crippen LogP contribution is -2.54. The fourth-order valence-electron chi connectivity index (χ4n) is 4.79. The van der Waals surface area contributed by atoms with Gasteiger partial charge in [-0.3, -0.25) is 29.4 Å². The minimum absolute atomic E-state index is 0.108. The van der Waals surface area contributed by atoms with E-state index in [0.29, 0.717) is 30.2 Å². The highest BCUT2D eigenvalue weighted by molar-refractivity contribution is 6.24. The summed E-state index contributed by atoms with van der Waals surface area (Å²) in [5.74, 6) is -1.54. The lowest BCUT2D eigenvalue weighted by Gasteiger charge is -2.27. The molecule has 4 aliphatic rings. The molecular weight excluding hydrogens is 376 g/mol. The predicted octanol–water partition coefficient (Wildman–Crippen LogP) is -0.836. The molecule has 3 N–H and O–H groups in total. The van der Waals surface area contributed by atoms with Crippen molar-refractivity contribution in [3.63, 3.8) is 0 Å². The van der Waals surface area contributed by atoms with Crippen LogP contribution >= 0.6 is 0 Å². The summed E-state index contributed by atoms with van der Waals surface area (Å²) in [6, 6.07) is 4.42. The number of carbonyl (C=O) groups excluding carboxylic acids is 4. The number of hydrogen-bond donors (Lipinski definition) is 3. The molecule has 3 fully saturated rings. The van der Waals surface area contributed by atoms with Crippen LogP contribution in [0.5, 0.6) is 0 Å². The number of ether oxygens (including phenoxy) is 1. The van der Waals surface area contributed by atoms with Gasteiger partial charge in [-0.1, -0.05) is 12.1 Å². The highest BCUT2D eigenvalue weighted by Gasteiger charge is 2.46. The Morgan fingerprint density at radius 1 is 1.14 bits per heavy atom. The van der Waals surface area contributed by atoms with Gasteiger partial charge in [-0.25, -0.2) is 0 Å². The largest absolute Gasteiger partial charge is 0.375 e. The van der Waals surface area contributed by atoms with E-state index in [2.05, 4.69) is 16.0 Å². The maximum Gasteiger partial charge on any atom is 0.262 e. The molecule has 0 aromatic heterocycles. The number of nitrogens with zero attached hydrogens (tertiary/aromatic N) is 1. The molecule has 1 unspecified atom stereocenters. The predicted molar refractivity (Wildman–Crippen MR) is 99.8 cm³/mol. The molecule has 4 aliphatic heterocycles. The van der Waals surface area contributed by atoms with E-state index >= 15 is 0 Å². The van der Waals surface area contributed by atoms with Crippen molar-refractivity contribution in [3.05, 3.63) is 34.9 Å². The minimum Gasteiger partial charge on any atom is -0.375 e. The van der Waals surface area contributed by atoms with Crippen molar-refractivity contribution >= 4 is 23.6 Å². The standard InChI is InChI=1S/C20H22N4O5/c25-16-5-4-14(18(26)23-16)24-19(27)11-3-1-2-10(17(11)20(24)28)6-22-13-9-29-15-8-21-7-12(13)15/h1-3,12-15,21-22H,4-9H2,(H,23,25,26)/t12-,13-,14?,15-/m1/s1. The van der Waals surface area contributed by atoms with E-state index in [1.54, 1.807) is 12.1 Å². The summed E-state index contributed by atoms with van der Waals surface area (Å²) in [5, 5.41) is 9.01. The zero-order valence-corrected chi connectivity index (χ0v) is 15.8. The molecular formula is C20H22N4O5. The van der Waals surface area contributed by atoms with Crippen molar-refractivity contribution in [2.24, 2.45) is 5.92 Å². The summed E-state index contributed by atoms with van der Waals surface area (Å²) in [6.45, 7) is 2.82. The Balaban J connectivity index is 1.36. The lowest BCUT2D eigenvalue weighted by atomic mass is 9.98. The normalized spacial score (nSPS) is 31.2. The third-order valence-electron chi connectivity index (χ3n) is 6.32. The summed E-state index contributed by atoms with van der Waals surface area (Å²) in [6.07, 6.45) is 0.482. The van der Waals surface area contributed by atoms with Gasteiger partial charge in [0.05, 0.1) is 23.8 Å². The van der Waals surface area contributed by atoms with Gasteiger partial charge < -0.3 is 15.4 Å². The number of amides is 4. The number of fused-ring (bicyclic) bond motifs is 2. The molecule has 9 heteroatoms. The minimum atomic E-state index is -0.950. The fraction of sp³-hybridized carbons (Fsp3) is 0.500. The molecule has 1 aromatic carbocycles. The van der Waals surface area contributed by atoms with Gasteiger partial charge in [-0.05, 0) is 18.1 Å². The molecule has 5 rings (SSSR count). The summed E-state index contributed by atoms with van der Waals surface area (Å²) in [4.78, 5) is 50.6. The van der Waals surface area contributed by atoms with E-state index in [9.17, 15) is 19.2 Å². The van der Waals surface area contributed by atoms with Crippen LogP contribution in [0.1, 0.15) is 39.1 Å². The SMILES string of the molecule is O=C1CCC(N2C(=O)c3cccc(CN[C@@H]4CO[C@@H]5CNC[C@H]45)c3C2=O)C(=O)N1. The first-order valence-corrected chi connectivity index (χ1v) is 9.94. The molecule has 0 saturated carbocycles. The number of imide groups is 2. The maximum atomic E-state index is 13.1. The van der Waals surface area contributed by atoms with E-state index in [-0.39, 0.29) is 30.9 Å². The van der Waals surface area contributed by atoms with Crippen LogP contribution in [0.15, 0.2) is 18.2 Å². The highest BCUT2D eigenvalue weighted by Crippen LogP contribution is 2.30. The first kappa shape index (κ1) is 18.4. The number of rotatable bonds is 4. The lowest BCUT2D eigenvalue weighted by molar-refractivity contribution is -0.136. The summed E-state index contributed by atoms with van der Waals surface area (Å²) in [7, 11) is 0. The molecule has 29 heavy (non-hydrogen) atoms. The third-order valence-corrected chi connectivity index (χ3v) is 6.32. The van der Waals surface area contributed by atoms with Gasteiger partial charge in [0, 0.05) is 38.0 Å². The van der Waals surface area contributed by atoms with Crippen molar-refractivity contribution in [2.75, 3.05) is 19.7 Å². The van der Waals surface area contributed by atoms with Crippen LogP contribution in [-0.2, 0) is 20.9 Å². The van der Waals surface area contributed by atoms with Gasteiger partial charge in [0.1, 0.15) is 6.04 Å². The van der Waals surface area contributed by atoms with Gasteiger partial charge in [0.2, 0.25) is 11.8 Å². The molecule has 0 spiro atoms. The fourth-order valence-corrected chi connectivity index (χ4v) is 4.79. The number of benzene rings is 1. The Kier molecular flexibility index (Phi) is 4.45. The Morgan fingerprint density at radius 3 is 2.83 bits per heavy atom. The third kappa shape index (κ3) is 2.97. The van der Waals surface area contributed by atoms with Crippen LogP contribution in [0.2, 0.25) is 0 Å².